The van der Waals surface area contributed by atoms with Crippen molar-refractivity contribution in [1.82, 2.24) is 4.57 Å². The summed E-state index contributed by atoms with van der Waals surface area (Å²) in [4.78, 5) is 11.0. The molecule has 1 N–H and O–H groups in total. The predicted octanol–water partition coefficient (Wildman–Crippen LogP) is 1.93. The largest absolute Gasteiger partial charge is 0.477 e. The number of carboxylic acid groups (broad SMARTS) is 1. The first kappa shape index (κ1) is 10.2. The number of carbonyl (C=O) groups is 1. The van der Waals surface area contributed by atoms with Gasteiger partial charge in [-0.1, -0.05) is 0 Å². The van der Waals surface area contributed by atoms with Crippen LogP contribution in [0.2, 0.25) is 0 Å². The Kier molecular flexibility index (Phi) is 3.06. The maximum atomic E-state index is 11.0. The van der Waals surface area contributed by atoms with Crippen molar-refractivity contribution in [3.63, 3.8) is 0 Å². The van der Waals surface area contributed by atoms with Crippen molar-refractivity contribution in [2.24, 2.45) is 0 Å². The minimum atomic E-state index is -0.856. The summed E-state index contributed by atoms with van der Waals surface area (Å²) in [5.74, 6) is -0.856. The molecule has 0 aliphatic carbocycles. The SMILES string of the molecule is O=C(O)c1cccn1C1CCCOCC1. The van der Waals surface area contributed by atoms with E-state index >= 15 is 0 Å². The van der Waals surface area contributed by atoms with Crippen LogP contribution in [-0.2, 0) is 4.74 Å². The molecule has 1 aliphatic heterocycles. The van der Waals surface area contributed by atoms with Crippen LogP contribution in [0.15, 0.2) is 18.3 Å². The van der Waals surface area contributed by atoms with Gasteiger partial charge in [-0.25, -0.2) is 4.79 Å². The molecular weight excluding hydrogens is 194 g/mol. The van der Waals surface area contributed by atoms with Gasteiger partial charge in [-0.15, -0.1) is 0 Å². The van der Waals surface area contributed by atoms with Crippen molar-refractivity contribution in [2.45, 2.75) is 25.3 Å². The Morgan fingerprint density at radius 3 is 3.13 bits per heavy atom. The first-order valence-corrected chi connectivity index (χ1v) is 5.27. The van der Waals surface area contributed by atoms with Gasteiger partial charge in [0.1, 0.15) is 5.69 Å². The zero-order chi connectivity index (χ0) is 10.7. The summed E-state index contributed by atoms with van der Waals surface area (Å²) in [6, 6.07) is 3.71. The van der Waals surface area contributed by atoms with E-state index in [9.17, 15) is 4.79 Å². The number of hydrogen-bond donors (Lipinski definition) is 1. The van der Waals surface area contributed by atoms with Gasteiger partial charge in [0.2, 0.25) is 0 Å². The molecule has 0 bridgehead atoms. The predicted molar refractivity (Wildman–Crippen MR) is 55.1 cm³/mol. The van der Waals surface area contributed by atoms with Gasteiger partial charge in [0.25, 0.3) is 0 Å². The Labute approximate surface area is 88.5 Å². The lowest BCUT2D eigenvalue weighted by atomic mass is 10.1. The minimum Gasteiger partial charge on any atom is -0.477 e. The van der Waals surface area contributed by atoms with Crippen LogP contribution < -0.4 is 0 Å². The molecule has 2 rings (SSSR count). The maximum absolute atomic E-state index is 11.0. The molecule has 4 heteroatoms. The fraction of sp³-hybridized carbons (Fsp3) is 0.545. The second kappa shape index (κ2) is 4.49. The van der Waals surface area contributed by atoms with Crippen molar-refractivity contribution in [1.29, 1.82) is 0 Å². The third-order valence-electron chi connectivity index (χ3n) is 2.81. The van der Waals surface area contributed by atoms with Crippen LogP contribution in [0.5, 0.6) is 0 Å². The number of aromatic nitrogens is 1. The average Bonchev–Trinajstić information content (AvgIpc) is 2.55. The second-order valence-electron chi connectivity index (χ2n) is 3.80. The first-order valence-electron chi connectivity index (χ1n) is 5.27. The van der Waals surface area contributed by atoms with E-state index in [0.29, 0.717) is 5.69 Å². The zero-order valence-electron chi connectivity index (χ0n) is 8.56. The molecule has 2 heterocycles. The number of rotatable bonds is 2. The molecule has 15 heavy (non-hydrogen) atoms. The number of ether oxygens (including phenoxy) is 1. The Balaban J connectivity index is 2.19. The molecule has 0 amide bonds. The topological polar surface area (TPSA) is 51.5 Å². The fourth-order valence-electron chi connectivity index (χ4n) is 2.06. The van der Waals surface area contributed by atoms with E-state index in [1.807, 2.05) is 10.8 Å². The van der Waals surface area contributed by atoms with Crippen molar-refractivity contribution in [3.8, 4) is 0 Å². The molecule has 1 atom stereocenters. The van der Waals surface area contributed by atoms with Crippen LogP contribution in [0.3, 0.4) is 0 Å². The molecule has 4 nitrogen and oxygen atoms in total. The van der Waals surface area contributed by atoms with E-state index in [1.165, 1.54) is 0 Å². The highest BCUT2D eigenvalue weighted by Crippen LogP contribution is 2.23. The van der Waals surface area contributed by atoms with Gasteiger partial charge in [-0.2, -0.15) is 0 Å². The van der Waals surface area contributed by atoms with Crippen LogP contribution in [0.4, 0.5) is 0 Å². The van der Waals surface area contributed by atoms with Crippen LogP contribution in [-0.4, -0.2) is 28.9 Å². The fourth-order valence-corrected chi connectivity index (χ4v) is 2.06. The van der Waals surface area contributed by atoms with E-state index in [0.717, 1.165) is 32.5 Å². The summed E-state index contributed by atoms with van der Waals surface area (Å²) in [7, 11) is 0. The summed E-state index contributed by atoms with van der Waals surface area (Å²) in [6.45, 7) is 1.52. The molecule has 1 saturated heterocycles. The monoisotopic (exact) mass is 209 g/mol. The number of nitrogens with zero attached hydrogens (tertiary/aromatic N) is 1. The van der Waals surface area contributed by atoms with E-state index in [1.54, 1.807) is 12.1 Å². The average molecular weight is 209 g/mol. The van der Waals surface area contributed by atoms with Crippen LogP contribution in [0.1, 0.15) is 35.8 Å². The molecule has 0 saturated carbocycles. The van der Waals surface area contributed by atoms with E-state index in [-0.39, 0.29) is 6.04 Å². The van der Waals surface area contributed by atoms with Crippen LogP contribution in [0.25, 0.3) is 0 Å². The molecule has 82 valence electrons. The molecule has 0 spiro atoms. The van der Waals surface area contributed by atoms with Gasteiger partial charge in [0.15, 0.2) is 0 Å². The smallest absolute Gasteiger partial charge is 0.352 e. The van der Waals surface area contributed by atoms with Gasteiger partial charge in [0.05, 0.1) is 0 Å². The highest BCUT2D eigenvalue weighted by atomic mass is 16.5. The normalized spacial score (nSPS) is 22.3. The molecule has 1 unspecified atom stereocenters. The molecule has 0 radical (unpaired) electrons. The molecule has 1 fully saturated rings. The third-order valence-corrected chi connectivity index (χ3v) is 2.81. The summed E-state index contributed by atoms with van der Waals surface area (Å²) in [5.41, 5.74) is 0.377. The van der Waals surface area contributed by atoms with Gasteiger partial charge < -0.3 is 14.4 Å². The number of hydrogen-bond acceptors (Lipinski definition) is 2. The van der Waals surface area contributed by atoms with E-state index < -0.39 is 5.97 Å². The molecule has 1 aromatic heterocycles. The number of carboxylic acids is 1. The summed E-state index contributed by atoms with van der Waals surface area (Å²) in [5, 5.41) is 9.00. The van der Waals surface area contributed by atoms with Gasteiger partial charge in [-0.05, 0) is 31.4 Å². The Hall–Kier alpha value is -1.29. The third kappa shape index (κ3) is 2.21. The van der Waals surface area contributed by atoms with Gasteiger partial charge >= 0.3 is 5.97 Å². The lowest BCUT2D eigenvalue weighted by molar-refractivity contribution is 0.0681. The van der Waals surface area contributed by atoms with E-state index in [4.69, 9.17) is 9.84 Å². The molecular formula is C11H15NO3. The summed E-state index contributed by atoms with van der Waals surface area (Å²) < 4.78 is 7.22. The number of aromatic carboxylic acids is 1. The lowest BCUT2D eigenvalue weighted by Crippen LogP contribution is -2.14. The van der Waals surface area contributed by atoms with Gasteiger partial charge in [-0.3, -0.25) is 0 Å². The van der Waals surface area contributed by atoms with Crippen LogP contribution in [0, 0.1) is 0 Å². The minimum absolute atomic E-state index is 0.272. The van der Waals surface area contributed by atoms with Gasteiger partial charge in [0, 0.05) is 25.5 Å². The van der Waals surface area contributed by atoms with Crippen molar-refractivity contribution >= 4 is 5.97 Å². The second-order valence-corrected chi connectivity index (χ2v) is 3.80. The molecule has 0 aromatic carbocycles. The summed E-state index contributed by atoms with van der Waals surface area (Å²) in [6.07, 6.45) is 4.74. The quantitative estimate of drug-likeness (QED) is 0.809. The van der Waals surface area contributed by atoms with Crippen LogP contribution >= 0.6 is 0 Å². The van der Waals surface area contributed by atoms with Crippen molar-refractivity contribution in [2.75, 3.05) is 13.2 Å². The van der Waals surface area contributed by atoms with E-state index in [2.05, 4.69) is 0 Å². The first-order chi connectivity index (χ1) is 7.29. The Morgan fingerprint density at radius 1 is 1.47 bits per heavy atom. The van der Waals surface area contributed by atoms with Crippen molar-refractivity contribution < 1.29 is 14.6 Å². The highest BCUT2D eigenvalue weighted by Gasteiger charge is 2.18. The van der Waals surface area contributed by atoms with Crippen molar-refractivity contribution in [3.05, 3.63) is 24.0 Å². The molecule has 1 aliphatic rings. The lowest BCUT2D eigenvalue weighted by Gasteiger charge is -2.17. The Morgan fingerprint density at radius 2 is 2.33 bits per heavy atom. The Bertz CT molecular complexity index is 337. The standard InChI is InChI=1S/C11H15NO3/c13-11(14)10-4-1-6-12(10)9-3-2-7-15-8-5-9/h1,4,6,9H,2-3,5,7-8H2,(H,13,14). The zero-order valence-corrected chi connectivity index (χ0v) is 8.56. The summed E-state index contributed by atoms with van der Waals surface area (Å²) >= 11 is 0. The molecule has 1 aromatic rings. The highest BCUT2D eigenvalue weighted by molar-refractivity contribution is 5.85. The maximum Gasteiger partial charge on any atom is 0.352 e.